The van der Waals surface area contributed by atoms with Crippen molar-refractivity contribution in [2.45, 2.75) is 71.6 Å². The van der Waals surface area contributed by atoms with Crippen LogP contribution in [0.2, 0.25) is 0 Å². The van der Waals surface area contributed by atoms with E-state index in [9.17, 15) is 19.2 Å². The third-order valence-electron chi connectivity index (χ3n) is 5.21. The number of rotatable bonds is 13. The van der Waals surface area contributed by atoms with E-state index in [1.54, 1.807) is 19.9 Å². The lowest BCUT2D eigenvalue weighted by atomic mass is 10.2. The highest BCUT2D eigenvalue weighted by Gasteiger charge is 2.25. The molecule has 0 saturated carbocycles. The Labute approximate surface area is 202 Å². The van der Waals surface area contributed by atoms with Crippen molar-refractivity contribution in [3.63, 3.8) is 0 Å². The van der Waals surface area contributed by atoms with Gasteiger partial charge in [0.2, 0.25) is 11.8 Å². The second-order valence-corrected chi connectivity index (χ2v) is 9.35. The number of anilines is 3. The summed E-state index contributed by atoms with van der Waals surface area (Å²) in [4.78, 5) is 54.2. The van der Waals surface area contributed by atoms with Crippen LogP contribution in [-0.4, -0.2) is 44.1 Å². The first-order chi connectivity index (χ1) is 16.2. The lowest BCUT2D eigenvalue weighted by Crippen LogP contribution is -2.42. The number of hydrogen-bond donors (Lipinski definition) is 3. The number of aromatic nitrogens is 3. The highest BCUT2D eigenvalue weighted by Crippen LogP contribution is 2.21. The summed E-state index contributed by atoms with van der Waals surface area (Å²) in [5.74, 6) is 0.105. The lowest BCUT2D eigenvalue weighted by molar-refractivity contribution is -0.116. The summed E-state index contributed by atoms with van der Waals surface area (Å²) in [6.07, 6.45) is 4.00. The number of amides is 2. The van der Waals surface area contributed by atoms with Crippen LogP contribution >= 0.6 is 11.8 Å². The minimum Gasteiger partial charge on any atom is -0.383 e. The van der Waals surface area contributed by atoms with E-state index in [1.807, 2.05) is 13.8 Å². The fourth-order valence-corrected chi connectivity index (χ4v) is 4.02. The van der Waals surface area contributed by atoms with Gasteiger partial charge in [0, 0.05) is 19.2 Å². The molecule has 34 heavy (non-hydrogen) atoms. The zero-order chi connectivity index (χ0) is 25.3. The molecule has 12 heteroatoms. The highest BCUT2D eigenvalue weighted by molar-refractivity contribution is 8.01. The molecule has 11 nitrogen and oxygen atoms in total. The molecule has 0 radical (unpaired) electrons. The molecule has 0 aliphatic carbocycles. The van der Waals surface area contributed by atoms with Crippen molar-refractivity contribution in [3.05, 3.63) is 32.7 Å². The minimum atomic E-state index is -0.697. The van der Waals surface area contributed by atoms with Gasteiger partial charge in [-0.1, -0.05) is 38.3 Å². The van der Waals surface area contributed by atoms with Gasteiger partial charge in [-0.25, -0.2) is 4.79 Å². The first-order valence-corrected chi connectivity index (χ1v) is 12.5. The van der Waals surface area contributed by atoms with Crippen LogP contribution in [0.3, 0.4) is 0 Å². The maximum atomic E-state index is 13.2. The molecule has 0 aliphatic rings. The summed E-state index contributed by atoms with van der Waals surface area (Å²) in [5, 5.41) is 5.80. The van der Waals surface area contributed by atoms with E-state index in [2.05, 4.69) is 15.5 Å². The fourth-order valence-electron chi connectivity index (χ4n) is 3.26. The van der Waals surface area contributed by atoms with Gasteiger partial charge in [-0.15, -0.1) is 11.8 Å². The average molecular weight is 495 g/mol. The fraction of sp³-hybridized carbons (Fsp3) is 0.591. The normalized spacial score (nSPS) is 11.9. The van der Waals surface area contributed by atoms with E-state index in [0.717, 1.165) is 31.0 Å². The Morgan fingerprint density at radius 1 is 1.26 bits per heavy atom. The number of carbonyl (C=O) groups is 2. The third-order valence-corrected chi connectivity index (χ3v) is 6.34. The molecule has 0 fully saturated rings. The van der Waals surface area contributed by atoms with Crippen LogP contribution in [0.4, 0.5) is 17.3 Å². The van der Waals surface area contributed by atoms with Gasteiger partial charge in [0.25, 0.3) is 5.56 Å². The minimum absolute atomic E-state index is 0.0208. The Balaban J connectivity index is 2.20. The maximum Gasteiger partial charge on any atom is 0.330 e. The molecule has 0 aromatic carbocycles. The first-order valence-electron chi connectivity index (χ1n) is 11.5. The second-order valence-electron chi connectivity index (χ2n) is 8.02. The summed E-state index contributed by atoms with van der Waals surface area (Å²) >= 11 is 1.13. The summed E-state index contributed by atoms with van der Waals surface area (Å²) in [6, 6.07) is 1.60. The Morgan fingerprint density at radius 2 is 1.97 bits per heavy atom. The third kappa shape index (κ3) is 7.24. The first kappa shape index (κ1) is 27.2. The molecule has 2 aromatic rings. The van der Waals surface area contributed by atoms with E-state index in [0.29, 0.717) is 31.0 Å². The number of unbranched alkanes of at least 4 members (excludes halogenated alkanes) is 3. The van der Waals surface area contributed by atoms with Gasteiger partial charge >= 0.3 is 5.69 Å². The monoisotopic (exact) mass is 494 g/mol. The smallest absolute Gasteiger partial charge is 0.330 e. The zero-order valence-electron chi connectivity index (χ0n) is 20.2. The van der Waals surface area contributed by atoms with Crippen molar-refractivity contribution in [2.24, 2.45) is 0 Å². The molecule has 0 spiro atoms. The number of aryl methyl sites for hydroxylation is 1. The average Bonchev–Trinajstić information content (AvgIpc) is 3.20. The van der Waals surface area contributed by atoms with E-state index < -0.39 is 16.5 Å². The lowest BCUT2D eigenvalue weighted by Gasteiger charge is -2.25. The number of nitrogens with one attached hydrogen (secondary N) is 2. The molecule has 1 unspecified atom stereocenters. The van der Waals surface area contributed by atoms with E-state index in [1.165, 1.54) is 9.47 Å². The molecule has 188 valence electrons. The van der Waals surface area contributed by atoms with Gasteiger partial charge < -0.3 is 20.5 Å². The van der Waals surface area contributed by atoms with Crippen LogP contribution < -0.4 is 27.2 Å². The van der Waals surface area contributed by atoms with Crippen LogP contribution in [0, 0.1) is 6.92 Å². The number of hydrogen-bond acceptors (Lipinski definition) is 8. The van der Waals surface area contributed by atoms with Crippen molar-refractivity contribution in [3.8, 4) is 0 Å². The number of carbonyl (C=O) groups excluding carboxylic acids is 2. The molecule has 4 N–H and O–H groups in total. The van der Waals surface area contributed by atoms with Gasteiger partial charge in [0.15, 0.2) is 11.5 Å². The molecule has 0 saturated heterocycles. The standard InChI is InChI=1S/C22H34N6O5S/c1-5-7-9-11-27(18-19(23)28(10-8-6-2)22(32)25-21(18)31)17(29)13-34-15(4)20(30)24-16-12-14(3)33-26-16/h12,15H,5-11,13,23H2,1-4H3,(H,24,26,30)(H,25,31,32). The molecular weight excluding hydrogens is 460 g/mol. The van der Waals surface area contributed by atoms with Crippen LogP contribution in [0.25, 0.3) is 0 Å². The second kappa shape index (κ2) is 13.0. The van der Waals surface area contributed by atoms with Gasteiger partial charge in [0.05, 0.1) is 11.0 Å². The van der Waals surface area contributed by atoms with Crippen LogP contribution in [0.15, 0.2) is 20.2 Å². The summed E-state index contributed by atoms with van der Waals surface area (Å²) in [6.45, 7) is 8.03. The molecule has 2 rings (SSSR count). The number of nitrogens with two attached hydrogens (primary N) is 1. The van der Waals surface area contributed by atoms with E-state index in [-0.39, 0.29) is 35.6 Å². The van der Waals surface area contributed by atoms with Gasteiger partial charge in [0.1, 0.15) is 11.6 Å². The molecule has 1 atom stereocenters. The maximum absolute atomic E-state index is 13.2. The van der Waals surface area contributed by atoms with Gasteiger partial charge in [-0.05, 0) is 26.7 Å². The van der Waals surface area contributed by atoms with Crippen molar-refractivity contribution in [2.75, 3.05) is 28.2 Å². The summed E-state index contributed by atoms with van der Waals surface area (Å²) < 4.78 is 6.23. The molecule has 2 amide bonds. The predicted octanol–water partition coefficient (Wildman–Crippen LogP) is 2.50. The number of aromatic amines is 1. The van der Waals surface area contributed by atoms with Gasteiger partial charge in [-0.3, -0.25) is 23.9 Å². The molecule has 2 heterocycles. The number of H-pyrrole nitrogens is 1. The Morgan fingerprint density at radius 3 is 2.59 bits per heavy atom. The number of nitrogens with zero attached hydrogens (tertiary/aromatic N) is 3. The van der Waals surface area contributed by atoms with Gasteiger partial charge in [-0.2, -0.15) is 0 Å². The Bertz CT molecular complexity index is 1090. The Kier molecular flexibility index (Phi) is 10.4. The zero-order valence-corrected chi connectivity index (χ0v) is 21.0. The van der Waals surface area contributed by atoms with Crippen molar-refractivity contribution in [1.82, 2.24) is 14.7 Å². The summed E-state index contributed by atoms with van der Waals surface area (Å²) in [7, 11) is 0. The molecule has 2 aromatic heterocycles. The largest absolute Gasteiger partial charge is 0.383 e. The van der Waals surface area contributed by atoms with Crippen LogP contribution in [-0.2, 0) is 16.1 Å². The predicted molar refractivity (Wildman–Crippen MR) is 134 cm³/mol. The molecular formula is C22H34N6O5S. The van der Waals surface area contributed by atoms with Crippen LogP contribution in [0.1, 0.15) is 58.6 Å². The van der Waals surface area contributed by atoms with E-state index in [4.69, 9.17) is 10.3 Å². The quantitative estimate of drug-likeness (QED) is 0.359. The van der Waals surface area contributed by atoms with E-state index >= 15 is 0 Å². The topological polar surface area (TPSA) is 156 Å². The van der Waals surface area contributed by atoms with Crippen molar-refractivity contribution in [1.29, 1.82) is 0 Å². The van der Waals surface area contributed by atoms with Crippen molar-refractivity contribution < 1.29 is 14.1 Å². The summed E-state index contributed by atoms with van der Waals surface area (Å²) in [5.41, 5.74) is 4.91. The Hall–Kier alpha value is -3.02. The molecule has 0 bridgehead atoms. The van der Waals surface area contributed by atoms with Crippen LogP contribution in [0.5, 0.6) is 0 Å². The van der Waals surface area contributed by atoms with Crippen molar-refractivity contribution >= 4 is 40.9 Å². The highest BCUT2D eigenvalue weighted by atomic mass is 32.2. The number of thioether (sulfide) groups is 1. The molecule has 0 aliphatic heterocycles. The SMILES string of the molecule is CCCCCN(C(=O)CSC(C)C(=O)Nc1cc(C)on1)c1c(N)n(CCCC)c(=O)[nH]c1=O. The number of nitrogen functional groups attached to an aromatic ring is 1.